The summed E-state index contributed by atoms with van der Waals surface area (Å²) in [7, 11) is 0. The molecule has 2 N–H and O–H groups in total. The number of hydrogen-bond acceptors (Lipinski definition) is 4. The van der Waals surface area contributed by atoms with Crippen LogP contribution in [0.2, 0.25) is 0 Å². The van der Waals surface area contributed by atoms with Crippen LogP contribution in [0.1, 0.15) is 0 Å². The van der Waals surface area contributed by atoms with Gasteiger partial charge in [0.25, 0.3) is 0 Å². The summed E-state index contributed by atoms with van der Waals surface area (Å²) in [5.74, 6) is 0. The minimum absolute atomic E-state index is 0.0741. The molecule has 1 rings (SSSR count). The zero-order valence-corrected chi connectivity index (χ0v) is 6.48. The van der Waals surface area contributed by atoms with Gasteiger partial charge in [-0.05, 0) is 0 Å². The maximum absolute atomic E-state index is 10.4. The lowest BCUT2D eigenvalue weighted by Gasteiger charge is -2.07. The molecule has 0 aliphatic rings. The van der Waals surface area contributed by atoms with E-state index in [4.69, 9.17) is 10.2 Å². The molecule has 12 heavy (non-hydrogen) atoms. The van der Waals surface area contributed by atoms with Crippen LogP contribution in [0.4, 0.5) is 14.7 Å². The van der Waals surface area contributed by atoms with Gasteiger partial charge >= 0.3 is 12.2 Å². The van der Waals surface area contributed by atoms with E-state index in [2.05, 4.69) is 4.98 Å². The molecule has 0 atom stereocenters. The Morgan fingerprint density at radius 3 is 2.33 bits per heavy atom. The maximum Gasteiger partial charge on any atom is 0.423 e. The standard InChI is InChI=1S/C5H4N2O4S/c8-4(9)7(5(10)11)3-6-1-2-12-3/h1-2H,(H,8,9)(H,10,11). The fourth-order valence-electron chi connectivity index (χ4n) is 0.572. The van der Waals surface area contributed by atoms with Crippen molar-refractivity contribution in [3.63, 3.8) is 0 Å². The van der Waals surface area contributed by atoms with Crippen LogP contribution in [0.25, 0.3) is 0 Å². The van der Waals surface area contributed by atoms with E-state index in [0.717, 1.165) is 11.3 Å². The molecule has 1 aromatic heterocycles. The molecule has 7 heteroatoms. The number of anilines is 1. The van der Waals surface area contributed by atoms with Crippen molar-refractivity contribution in [3.8, 4) is 0 Å². The molecule has 1 heterocycles. The smallest absolute Gasteiger partial charge is 0.423 e. The van der Waals surface area contributed by atoms with E-state index >= 15 is 0 Å². The average molecular weight is 188 g/mol. The maximum atomic E-state index is 10.4. The second-order valence-corrected chi connectivity index (χ2v) is 2.59. The van der Waals surface area contributed by atoms with Crippen LogP contribution in [0.5, 0.6) is 0 Å². The summed E-state index contributed by atoms with van der Waals surface area (Å²) < 4.78 is 0. The van der Waals surface area contributed by atoms with Crippen LogP contribution in [-0.4, -0.2) is 27.4 Å². The molecular formula is C5H4N2O4S. The molecule has 0 fully saturated rings. The third-order valence-corrected chi connectivity index (χ3v) is 1.75. The van der Waals surface area contributed by atoms with Gasteiger partial charge in [-0.1, -0.05) is 0 Å². The summed E-state index contributed by atoms with van der Waals surface area (Å²) in [4.78, 5) is 24.4. The summed E-state index contributed by atoms with van der Waals surface area (Å²) in [5, 5.41) is 18.3. The van der Waals surface area contributed by atoms with E-state index in [1.165, 1.54) is 11.6 Å². The van der Waals surface area contributed by atoms with E-state index in [0.29, 0.717) is 0 Å². The van der Waals surface area contributed by atoms with Gasteiger partial charge in [0.2, 0.25) is 5.13 Å². The Labute approximate surface area is 70.7 Å². The highest BCUT2D eigenvalue weighted by Gasteiger charge is 2.23. The van der Waals surface area contributed by atoms with Gasteiger partial charge in [0, 0.05) is 11.6 Å². The van der Waals surface area contributed by atoms with Crippen LogP contribution in [0.15, 0.2) is 11.6 Å². The van der Waals surface area contributed by atoms with E-state index in [-0.39, 0.29) is 10.0 Å². The molecule has 64 valence electrons. The van der Waals surface area contributed by atoms with E-state index in [9.17, 15) is 9.59 Å². The van der Waals surface area contributed by atoms with Gasteiger partial charge in [0.15, 0.2) is 0 Å². The third-order valence-electron chi connectivity index (χ3n) is 0.993. The topological polar surface area (TPSA) is 90.7 Å². The molecule has 0 saturated heterocycles. The van der Waals surface area contributed by atoms with Gasteiger partial charge in [0.05, 0.1) is 0 Å². The fraction of sp³-hybridized carbons (Fsp3) is 0. The molecule has 0 spiro atoms. The Kier molecular flexibility index (Phi) is 2.24. The lowest BCUT2D eigenvalue weighted by molar-refractivity contribution is 0.184. The molecule has 0 aliphatic heterocycles. The van der Waals surface area contributed by atoms with Crippen molar-refractivity contribution in [2.24, 2.45) is 0 Å². The minimum atomic E-state index is -1.56. The van der Waals surface area contributed by atoms with Crippen molar-refractivity contribution in [1.29, 1.82) is 0 Å². The van der Waals surface area contributed by atoms with Crippen LogP contribution in [-0.2, 0) is 0 Å². The van der Waals surface area contributed by atoms with Crippen LogP contribution >= 0.6 is 11.3 Å². The number of carboxylic acid groups (broad SMARTS) is 2. The first-order valence-corrected chi connectivity index (χ1v) is 3.66. The lowest BCUT2D eigenvalue weighted by Crippen LogP contribution is -2.34. The van der Waals surface area contributed by atoms with Crippen molar-refractivity contribution >= 4 is 28.7 Å². The predicted molar refractivity (Wildman–Crippen MR) is 40.6 cm³/mol. The molecule has 0 unspecified atom stereocenters. The normalized spacial score (nSPS) is 9.33. The Morgan fingerprint density at radius 1 is 1.42 bits per heavy atom. The molecular weight excluding hydrogens is 184 g/mol. The molecule has 0 saturated carbocycles. The van der Waals surface area contributed by atoms with Crippen molar-refractivity contribution in [3.05, 3.63) is 11.6 Å². The average Bonchev–Trinajstić information content (AvgIpc) is 2.37. The van der Waals surface area contributed by atoms with E-state index < -0.39 is 12.2 Å². The summed E-state index contributed by atoms with van der Waals surface area (Å²) in [6.45, 7) is 0. The third kappa shape index (κ3) is 1.51. The largest absolute Gasteiger partial charge is 0.464 e. The second-order valence-electron chi connectivity index (χ2n) is 1.72. The number of rotatable bonds is 1. The van der Waals surface area contributed by atoms with Gasteiger partial charge in [-0.2, -0.15) is 4.90 Å². The lowest BCUT2D eigenvalue weighted by atomic mass is 10.8. The number of thiazole rings is 1. The first kappa shape index (κ1) is 8.47. The van der Waals surface area contributed by atoms with Gasteiger partial charge < -0.3 is 10.2 Å². The molecule has 0 radical (unpaired) electrons. The number of nitrogens with zero attached hydrogens (tertiary/aromatic N) is 2. The van der Waals surface area contributed by atoms with Crippen molar-refractivity contribution in [2.45, 2.75) is 0 Å². The van der Waals surface area contributed by atoms with Crippen LogP contribution in [0, 0.1) is 0 Å². The van der Waals surface area contributed by atoms with Crippen molar-refractivity contribution in [1.82, 2.24) is 4.98 Å². The van der Waals surface area contributed by atoms with Gasteiger partial charge in [-0.15, -0.1) is 11.3 Å². The second kappa shape index (κ2) is 3.18. The van der Waals surface area contributed by atoms with Gasteiger partial charge in [-0.3, -0.25) is 0 Å². The highest BCUT2D eigenvalue weighted by molar-refractivity contribution is 7.14. The van der Waals surface area contributed by atoms with Gasteiger partial charge in [0.1, 0.15) is 0 Å². The highest BCUT2D eigenvalue weighted by atomic mass is 32.1. The number of carbonyl (C=O) groups is 2. The molecule has 6 nitrogen and oxygen atoms in total. The SMILES string of the molecule is O=C(O)N(C(=O)O)c1nccs1. The van der Waals surface area contributed by atoms with Crippen LogP contribution < -0.4 is 4.90 Å². The van der Waals surface area contributed by atoms with Gasteiger partial charge in [-0.25, -0.2) is 14.6 Å². The Hall–Kier alpha value is -1.63. The van der Waals surface area contributed by atoms with Crippen LogP contribution in [0.3, 0.4) is 0 Å². The molecule has 0 aliphatic carbocycles. The first-order chi connectivity index (χ1) is 5.63. The monoisotopic (exact) mass is 188 g/mol. The number of amides is 2. The van der Waals surface area contributed by atoms with E-state index in [1.807, 2.05) is 0 Å². The summed E-state index contributed by atoms with van der Waals surface area (Å²) in [6.07, 6.45) is -1.78. The highest BCUT2D eigenvalue weighted by Crippen LogP contribution is 2.17. The molecule has 1 aromatic rings. The quantitative estimate of drug-likeness (QED) is 0.693. The Morgan fingerprint density at radius 2 is 2.00 bits per heavy atom. The molecule has 0 aromatic carbocycles. The predicted octanol–water partition coefficient (Wildman–Crippen LogP) is 1.31. The van der Waals surface area contributed by atoms with Crippen molar-refractivity contribution < 1.29 is 19.8 Å². The Bertz CT molecular complexity index is 282. The van der Waals surface area contributed by atoms with Crippen molar-refractivity contribution in [2.75, 3.05) is 4.90 Å². The number of hydrogen-bond donors (Lipinski definition) is 2. The first-order valence-electron chi connectivity index (χ1n) is 2.78. The minimum Gasteiger partial charge on any atom is -0.464 e. The van der Waals surface area contributed by atoms with E-state index in [1.54, 1.807) is 0 Å². The Balaban J connectivity index is 2.96. The fourth-order valence-corrected chi connectivity index (χ4v) is 1.20. The zero-order valence-electron chi connectivity index (χ0n) is 5.67. The summed E-state index contributed by atoms with van der Waals surface area (Å²) >= 11 is 0.941. The molecule has 0 bridgehead atoms. The number of aromatic nitrogens is 1. The zero-order chi connectivity index (χ0) is 9.14. The summed E-state index contributed by atoms with van der Waals surface area (Å²) in [5.41, 5.74) is 0. The summed E-state index contributed by atoms with van der Waals surface area (Å²) in [6, 6.07) is 0. The molecule has 2 amide bonds. The number of imide groups is 1.